The first-order valence-electron chi connectivity index (χ1n) is 5.09. The Morgan fingerprint density at radius 2 is 1.95 bits per heavy atom. The van der Waals surface area contributed by atoms with Crippen LogP contribution in [0.3, 0.4) is 0 Å². The van der Waals surface area contributed by atoms with E-state index in [0.29, 0.717) is 0 Å². The van der Waals surface area contributed by atoms with Gasteiger partial charge in [0.05, 0.1) is 14.9 Å². The molecule has 0 saturated heterocycles. The van der Waals surface area contributed by atoms with Crippen LogP contribution >= 0.6 is 23.2 Å². The lowest BCUT2D eigenvalue weighted by Gasteiger charge is -2.13. The summed E-state index contributed by atoms with van der Waals surface area (Å²) in [6, 6.07) is 2.20. The van der Waals surface area contributed by atoms with Gasteiger partial charge in [0, 0.05) is 6.61 Å². The van der Waals surface area contributed by atoms with Crippen molar-refractivity contribution in [3.63, 3.8) is 0 Å². The molecule has 6 nitrogen and oxygen atoms in total. The van der Waals surface area contributed by atoms with Gasteiger partial charge >= 0.3 is 5.97 Å². The fourth-order valence-corrected chi connectivity index (χ4v) is 2.87. The molecule has 106 valence electrons. The van der Waals surface area contributed by atoms with Gasteiger partial charge in [0.2, 0.25) is 10.0 Å². The molecule has 0 radical (unpaired) electrons. The largest absolute Gasteiger partial charge is 0.480 e. The third-order valence-corrected chi connectivity index (χ3v) is 4.42. The molecule has 0 amide bonds. The van der Waals surface area contributed by atoms with Crippen LogP contribution in [0.25, 0.3) is 0 Å². The van der Waals surface area contributed by atoms with Crippen molar-refractivity contribution >= 4 is 39.2 Å². The first kappa shape index (κ1) is 16.2. The Morgan fingerprint density at radius 3 is 2.42 bits per heavy atom. The quantitative estimate of drug-likeness (QED) is 0.726. The van der Waals surface area contributed by atoms with Crippen LogP contribution in [0.15, 0.2) is 23.1 Å². The van der Waals surface area contributed by atoms with Crippen molar-refractivity contribution < 1.29 is 23.4 Å². The maximum Gasteiger partial charge on any atom is 0.321 e. The average Bonchev–Trinajstić information content (AvgIpc) is 2.31. The molecule has 9 heteroatoms. The molecule has 0 fully saturated rings. The smallest absolute Gasteiger partial charge is 0.321 e. The molecule has 0 saturated carbocycles. The second kappa shape index (κ2) is 6.53. The summed E-state index contributed by atoms with van der Waals surface area (Å²) >= 11 is 11.4. The Morgan fingerprint density at radius 1 is 1.32 bits per heavy atom. The molecule has 0 aliphatic rings. The van der Waals surface area contributed by atoms with Crippen LogP contribution in [0.4, 0.5) is 0 Å². The predicted molar refractivity (Wildman–Crippen MR) is 69.9 cm³/mol. The number of hydrogen-bond acceptors (Lipinski definition) is 4. The molecule has 0 spiro atoms. The Balaban J connectivity index is 3.03. The van der Waals surface area contributed by atoms with E-state index in [2.05, 4.69) is 0 Å². The van der Waals surface area contributed by atoms with Crippen molar-refractivity contribution in [2.45, 2.75) is 17.4 Å². The number of aliphatic carboxylic acids is 1. The van der Waals surface area contributed by atoms with Crippen LogP contribution in [0.1, 0.15) is 6.42 Å². The van der Waals surface area contributed by atoms with Crippen LogP contribution < -0.4 is 4.72 Å². The summed E-state index contributed by atoms with van der Waals surface area (Å²) in [6.07, 6.45) is -0.240. The number of hydrogen-bond donors (Lipinski definition) is 3. The summed E-state index contributed by atoms with van der Waals surface area (Å²) in [5.41, 5.74) is 0. The van der Waals surface area contributed by atoms with E-state index in [9.17, 15) is 13.2 Å². The molecule has 0 aliphatic heterocycles. The monoisotopic (exact) mass is 327 g/mol. The topological polar surface area (TPSA) is 104 Å². The number of carbonyl (C=O) groups is 1. The summed E-state index contributed by atoms with van der Waals surface area (Å²) in [5, 5.41) is 17.8. The van der Waals surface area contributed by atoms with Crippen LogP contribution in [-0.4, -0.2) is 37.2 Å². The Hall–Kier alpha value is -0.860. The van der Waals surface area contributed by atoms with Gasteiger partial charge in [-0.1, -0.05) is 23.2 Å². The fourth-order valence-electron chi connectivity index (χ4n) is 1.26. The molecule has 0 heterocycles. The van der Waals surface area contributed by atoms with Gasteiger partial charge in [0.25, 0.3) is 0 Å². The highest BCUT2D eigenvalue weighted by Crippen LogP contribution is 2.24. The van der Waals surface area contributed by atoms with E-state index in [1.54, 1.807) is 0 Å². The molecule has 1 unspecified atom stereocenters. The molecule has 1 aromatic carbocycles. The van der Waals surface area contributed by atoms with Gasteiger partial charge in [-0.25, -0.2) is 8.42 Å². The zero-order chi connectivity index (χ0) is 14.6. The van der Waals surface area contributed by atoms with Gasteiger partial charge in [-0.15, -0.1) is 0 Å². The van der Waals surface area contributed by atoms with Crippen LogP contribution in [0.2, 0.25) is 10.0 Å². The molecule has 0 aliphatic carbocycles. The Labute approximate surface area is 120 Å². The van der Waals surface area contributed by atoms with Gasteiger partial charge in [0.15, 0.2) is 0 Å². The molecule has 19 heavy (non-hydrogen) atoms. The highest BCUT2D eigenvalue weighted by molar-refractivity contribution is 7.89. The van der Waals surface area contributed by atoms with Crippen molar-refractivity contribution in [1.82, 2.24) is 4.72 Å². The van der Waals surface area contributed by atoms with Crippen molar-refractivity contribution in [1.29, 1.82) is 0 Å². The third kappa shape index (κ3) is 4.32. The summed E-state index contributed by atoms with van der Waals surface area (Å²) in [6.45, 7) is -0.457. The molecular weight excluding hydrogens is 317 g/mol. The van der Waals surface area contributed by atoms with E-state index in [4.69, 9.17) is 33.4 Å². The minimum atomic E-state index is -4.05. The lowest BCUT2D eigenvalue weighted by molar-refractivity contribution is -0.139. The predicted octanol–water partition coefficient (Wildman–Crippen LogP) is 1.11. The van der Waals surface area contributed by atoms with E-state index < -0.39 is 28.6 Å². The van der Waals surface area contributed by atoms with E-state index in [1.807, 2.05) is 4.72 Å². The van der Waals surface area contributed by atoms with Crippen LogP contribution in [0, 0.1) is 0 Å². The maximum absolute atomic E-state index is 11.9. The Kier molecular flexibility index (Phi) is 5.57. The van der Waals surface area contributed by atoms with Gasteiger partial charge < -0.3 is 10.2 Å². The minimum Gasteiger partial charge on any atom is -0.480 e. The first-order valence-corrected chi connectivity index (χ1v) is 7.33. The second-order valence-corrected chi connectivity index (χ2v) is 6.13. The number of carboxylic acids is 1. The average molecular weight is 328 g/mol. The molecule has 0 aromatic heterocycles. The van der Waals surface area contributed by atoms with E-state index >= 15 is 0 Å². The molecule has 3 N–H and O–H groups in total. The SMILES string of the molecule is O=C(O)C(CCO)NS(=O)(=O)c1ccc(Cl)c(Cl)c1. The van der Waals surface area contributed by atoms with Gasteiger partial charge in [-0.3, -0.25) is 4.79 Å². The summed E-state index contributed by atoms with van der Waals surface area (Å²) < 4.78 is 25.8. The number of sulfonamides is 1. The molecule has 1 aromatic rings. The summed E-state index contributed by atoms with van der Waals surface area (Å²) in [7, 11) is -4.05. The lowest BCUT2D eigenvalue weighted by Crippen LogP contribution is -2.41. The van der Waals surface area contributed by atoms with E-state index in [-0.39, 0.29) is 21.4 Å². The number of halogens is 2. The Bertz CT molecular complexity index is 575. The first-order chi connectivity index (χ1) is 8.77. The number of carboxylic acid groups (broad SMARTS) is 1. The van der Waals surface area contributed by atoms with E-state index in [1.165, 1.54) is 12.1 Å². The number of rotatable bonds is 6. The van der Waals surface area contributed by atoms with Crippen molar-refractivity contribution in [2.75, 3.05) is 6.61 Å². The van der Waals surface area contributed by atoms with Crippen LogP contribution in [0.5, 0.6) is 0 Å². The summed E-state index contributed by atoms with van der Waals surface area (Å²) in [4.78, 5) is 10.6. The van der Waals surface area contributed by atoms with Crippen molar-refractivity contribution in [3.05, 3.63) is 28.2 Å². The lowest BCUT2D eigenvalue weighted by atomic mass is 10.2. The van der Waals surface area contributed by atoms with Gasteiger partial charge in [-0.05, 0) is 24.6 Å². The number of nitrogens with one attached hydrogen (secondary N) is 1. The number of benzene rings is 1. The number of aliphatic hydroxyl groups excluding tert-OH is 1. The third-order valence-electron chi connectivity index (χ3n) is 2.21. The maximum atomic E-state index is 11.9. The normalized spacial score (nSPS) is 13.2. The zero-order valence-corrected chi connectivity index (χ0v) is 11.8. The van der Waals surface area contributed by atoms with E-state index in [0.717, 1.165) is 6.07 Å². The second-order valence-electron chi connectivity index (χ2n) is 3.60. The fraction of sp³-hybridized carbons (Fsp3) is 0.300. The van der Waals surface area contributed by atoms with Crippen LogP contribution in [-0.2, 0) is 14.8 Å². The standard InChI is InChI=1S/C10H11Cl2NO5S/c11-7-2-1-6(5-8(7)12)19(17,18)13-9(3-4-14)10(15)16/h1-2,5,9,13-14H,3-4H2,(H,15,16). The van der Waals surface area contributed by atoms with Gasteiger partial charge in [-0.2, -0.15) is 4.72 Å². The molecule has 1 rings (SSSR count). The molecule has 1 atom stereocenters. The summed E-state index contributed by atoms with van der Waals surface area (Å²) in [5.74, 6) is -1.38. The molecule has 0 bridgehead atoms. The highest BCUT2D eigenvalue weighted by atomic mass is 35.5. The zero-order valence-electron chi connectivity index (χ0n) is 9.51. The van der Waals surface area contributed by atoms with Crippen molar-refractivity contribution in [2.24, 2.45) is 0 Å². The highest BCUT2D eigenvalue weighted by Gasteiger charge is 2.25. The van der Waals surface area contributed by atoms with Gasteiger partial charge in [0.1, 0.15) is 6.04 Å². The number of aliphatic hydroxyl groups is 1. The molecular formula is C10H11Cl2NO5S. The minimum absolute atomic E-state index is 0.0403. The van der Waals surface area contributed by atoms with Crippen molar-refractivity contribution in [3.8, 4) is 0 Å².